The van der Waals surface area contributed by atoms with Gasteiger partial charge in [-0.05, 0) is 19.1 Å². The van der Waals surface area contributed by atoms with Crippen molar-refractivity contribution in [3.05, 3.63) is 36.2 Å². The van der Waals surface area contributed by atoms with Crippen LogP contribution in [-0.2, 0) is 13.6 Å². The number of hydrogen-bond acceptors (Lipinski definition) is 5. The van der Waals surface area contributed by atoms with E-state index in [1.165, 1.54) is 0 Å². The number of rotatable bonds is 3. The highest BCUT2D eigenvalue weighted by atomic mass is 16.3. The fraction of sp³-hybridized carbons (Fsp3) is 0.308. The summed E-state index contributed by atoms with van der Waals surface area (Å²) in [7, 11) is 3.85. The molecule has 0 fully saturated rings. The Kier molecular flexibility index (Phi) is 2.70. The Morgan fingerprint density at radius 1 is 1.32 bits per heavy atom. The first kappa shape index (κ1) is 11.7. The van der Waals surface area contributed by atoms with Gasteiger partial charge in [0.1, 0.15) is 23.7 Å². The molecule has 0 saturated carbocycles. The van der Waals surface area contributed by atoms with Crippen LogP contribution in [0.1, 0.15) is 11.5 Å². The molecule has 3 heterocycles. The van der Waals surface area contributed by atoms with Crippen LogP contribution in [0.2, 0.25) is 0 Å². The molecule has 98 valence electrons. The molecule has 0 aliphatic rings. The molecule has 3 rings (SSSR count). The topological polar surface area (TPSA) is 60.0 Å². The van der Waals surface area contributed by atoms with Crippen molar-refractivity contribution in [3.8, 4) is 0 Å². The van der Waals surface area contributed by atoms with Crippen LogP contribution in [0.25, 0.3) is 11.0 Å². The van der Waals surface area contributed by atoms with E-state index in [4.69, 9.17) is 4.42 Å². The standard InChI is InChI=1S/C13H15N5O/c1-9-4-5-10(19-9)7-17(2)12-11-6-16-18(3)13(11)15-8-14-12/h4-6,8H,7H2,1-3H3. The molecule has 3 aromatic rings. The molecule has 0 unspecified atom stereocenters. The average molecular weight is 257 g/mol. The molecule has 3 aromatic heterocycles. The second-order valence-corrected chi connectivity index (χ2v) is 4.57. The van der Waals surface area contributed by atoms with Crippen LogP contribution in [0.15, 0.2) is 29.1 Å². The van der Waals surface area contributed by atoms with Gasteiger partial charge in [0.15, 0.2) is 5.65 Å². The third-order valence-electron chi connectivity index (χ3n) is 3.06. The van der Waals surface area contributed by atoms with Crippen LogP contribution in [0.4, 0.5) is 5.82 Å². The molecule has 0 aliphatic heterocycles. The van der Waals surface area contributed by atoms with E-state index in [0.717, 1.165) is 28.4 Å². The van der Waals surface area contributed by atoms with Gasteiger partial charge in [0.2, 0.25) is 0 Å². The minimum atomic E-state index is 0.662. The maximum Gasteiger partial charge on any atom is 0.163 e. The molecule has 0 spiro atoms. The lowest BCUT2D eigenvalue weighted by molar-refractivity contribution is 0.481. The normalized spacial score (nSPS) is 11.1. The number of hydrogen-bond donors (Lipinski definition) is 0. The molecule has 6 nitrogen and oxygen atoms in total. The summed E-state index contributed by atoms with van der Waals surface area (Å²) in [6.45, 7) is 2.60. The van der Waals surface area contributed by atoms with Gasteiger partial charge in [-0.15, -0.1) is 0 Å². The van der Waals surface area contributed by atoms with Crippen molar-refractivity contribution in [2.75, 3.05) is 11.9 Å². The van der Waals surface area contributed by atoms with Crippen LogP contribution in [0, 0.1) is 6.92 Å². The van der Waals surface area contributed by atoms with Gasteiger partial charge in [0.05, 0.1) is 18.1 Å². The molecule has 6 heteroatoms. The van der Waals surface area contributed by atoms with Gasteiger partial charge in [-0.25, -0.2) is 9.97 Å². The van der Waals surface area contributed by atoms with Gasteiger partial charge in [-0.1, -0.05) is 0 Å². The largest absolute Gasteiger partial charge is 0.464 e. The Bertz CT molecular complexity index is 715. The van der Waals surface area contributed by atoms with Crippen molar-refractivity contribution >= 4 is 16.9 Å². The zero-order chi connectivity index (χ0) is 13.4. The first-order chi connectivity index (χ1) is 9.15. The van der Waals surface area contributed by atoms with Crippen molar-refractivity contribution in [3.63, 3.8) is 0 Å². The summed E-state index contributed by atoms with van der Waals surface area (Å²) in [5.74, 6) is 2.68. The highest BCUT2D eigenvalue weighted by Crippen LogP contribution is 2.22. The Morgan fingerprint density at radius 3 is 2.89 bits per heavy atom. The van der Waals surface area contributed by atoms with Crippen LogP contribution >= 0.6 is 0 Å². The van der Waals surface area contributed by atoms with E-state index >= 15 is 0 Å². The van der Waals surface area contributed by atoms with Crippen LogP contribution in [-0.4, -0.2) is 26.8 Å². The summed E-state index contributed by atoms with van der Waals surface area (Å²) >= 11 is 0. The summed E-state index contributed by atoms with van der Waals surface area (Å²) in [4.78, 5) is 10.6. The van der Waals surface area contributed by atoms with E-state index in [1.54, 1.807) is 17.2 Å². The highest BCUT2D eigenvalue weighted by molar-refractivity contribution is 5.86. The summed E-state index contributed by atoms with van der Waals surface area (Å²) in [6, 6.07) is 3.94. The van der Waals surface area contributed by atoms with Gasteiger partial charge in [-0.3, -0.25) is 4.68 Å². The van der Waals surface area contributed by atoms with E-state index in [9.17, 15) is 0 Å². The minimum Gasteiger partial charge on any atom is -0.464 e. The Labute approximate surface area is 110 Å². The zero-order valence-corrected chi connectivity index (χ0v) is 11.2. The first-order valence-electron chi connectivity index (χ1n) is 6.04. The number of fused-ring (bicyclic) bond motifs is 1. The van der Waals surface area contributed by atoms with E-state index < -0.39 is 0 Å². The molecule has 0 aliphatic carbocycles. The maximum absolute atomic E-state index is 5.59. The maximum atomic E-state index is 5.59. The Balaban J connectivity index is 1.95. The van der Waals surface area contributed by atoms with Crippen LogP contribution in [0.5, 0.6) is 0 Å². The van der Waals surface area contributed by atoms with E-state index in [1.807, 2.05) is 38.1 Å². The van der Waals surface area contributed by atoms with Crippen molar-refractivity contribution in [1.82, 2.24) is 19.7 Å². The molecule has 0 saturated heterocycles. The van der Waals surface area contributed by atoms with E-state index in [-0.39, 0.29) is 0 Å². The van der Waals surface area contributed by atoms with Crippen molar-refractivity contribution in [1.29, 1.82) is 0 Å². The second kappa shape index (κ2) is 4.38. The summed E-state index contributed by atoms with van der Waals surface area (Å²) in [5, 5.41) is 5.15. The number of aromatic nitrogens is 4. The fourth-order valence-electron chi connectivity index (χ4n) is 2.13. The Hall–Kier alpha value is -2.37. The molecular formula is C13H15N5O. The fourth-order valence-corrected chi connectivity index (χ4v) is 2.13. The van der Waals surface area contributed by atoms with Crippen molar-refractivity contribution < 1.29 is 4.42 Å². The number of furan rings is 1. The lowest BCUT2D eigenvalue weighted by Gasteiger charge is -2.17. The van der Waals surface area contributed by atoms with Gasteiger partial charge < -0.3 is 9.32 Å². The number of anilines is 1. The lowest BCUT2D eigenvalue weighted by Crippen LogP contribution is -2.17. The van der Waals surface area contributed by atoms with Gasteiger partial charge in [0, 0.05) is 14.1 Å². The van der Waals surface area contributed by atoms with Gasteiger partial charge in [-0.2, -0.15) is 5.10 Å². The zero-order valence-electron chi connectivity index (χ0n) is 11.2. The molecule has 0 atom stereocenters. The number of nitrogens with zero attached hydrogens (tertiary/aromatic N) is 5. The molecule has 19 heavy (non-hydrogen) atoms. The summed E-state index contributed by atoms with van der Waals surface area (Å²) in [5.41, 5.74) is 0.826. The molecular weight excluding hydrogens is 242 g/mol. The summed E-state index contributed by atoms with van der Waals surface area (Å²) < 4.78 is 7.33. The van der Waals surface area contributed by atoms with E-state index in [0.29, 0.717) is 6.54 Å². The van der Waals surface area contributed by atoms with Crippen LogP contribution < -0.4 is 4.90 Å². The molecule has 0 radical (unpaired) electrons. The molecule has 0 bridgehead atoms. The quantitative estimate of drug-likeness (QED) is 0.717. The average Bonchev–Trinajstić information content (AvgIpc) is 2.96. The van der Waals surface area contributed by atoms with Crippen LogP contribution in [0.3, 0.4) is 0 Å². The third kappa shape index (κ3) is 2.05. The summed E-state index contributed by atoms with van der Waals surface area (Å²) in [6.07, 6.45) is 3.35. The lowest BCUT2D eigenvalue weighted by atomic mass is 10.3. The second-order valence-electron chi connectivity index (χ2n) is 4.57. The predicted octanol–water partition coefficient (Wildman–Crippen LogP) is 1.90. The third-order valence-corrected chi connectivity index (χ3v) is 3.06. The monoisotopic (exact) mass is 257 g/mol. The highest BCUT2D eigenvalue weighted by Gasteiger charge is 2.13. The Morgan fingerprint density at radius 2 is 2.16 bits per heavy atom. The number of aryl methyl sites for hydroxylation is 2. The van der Waals surface area contributed by atoms with Crippen molar-refractivity contribution in [2.24, 2.45) is 7.05 Å². The molecule has 0 N–H and O–H groups in total. The van der Waals surface area contributed by atoms with Gasteiger partial charge >= 0.3 is 0 Å². The predicted molar refractivity (Wildman–Crippen MR) is 71.9 cm³/mol. The SMILES string of the molecule is Cc1ccc(CN(C)c2ncnc3c2cnn3C)o1. The first-order valence-corrected chi connectivity index (χ1v) is 6.04. The smallest absolute Gasteiger partial charge is 0.163 e. The minimum absolute atomic E-state index is 0.662. The molecule has 0 amide bonds. The molecule has 0 aromatic carbocycles. The van der Waals surface area contributed by atoms with Gasteiger partial charge in [0.25, 0.3) is 0 Å². The van der Waals surface area contributed by atoms with E-state index in [2.05, 4.69) is 15.1 Å². The van der Waals surface area contributed by atoms with Crippen molar-refractivity contribution in [2.45, 2.75) is 13.5 Å².